The molecular weight excluding hydrogens is 186 g/mol. The number of carbonyl (C=O) groups excluding carboxylic acids is 1. The minimum absolute atomic E-state index is 0.0625. The Kier molecular flexibility index (Phi) is 5.34. The van der Waals surface area contributed by atoms with Gasteiger partial charge in [0.1, 0.15) is 0 Å². The van der Waals surface area contributed by atoms with E-state index >= 15 is 0 Å². The van der Waals surface area contributed by atoms with Gasteiger partial charge in [-0.05, 0) is 6.92 Å². The van der Waals surface area contributed by atoms with E-state index in [1.807, 2.05) is 0 Å². The van der Waals surface area contributed by atoms with Crippen molar-refractivity contribution in [2.75, 3.05) is 0 Å². The third kappa shape index (κ3) is 4.48. The van der Waals surface area contributed by atoms with Crippen molar-refractivity contribution in [2.45, 2.75) is 31.9 Å². The Morgan fingerprint density at radius 2 is 2.14 bits per heavy atom. The van der Waals surface area contributed by atoms with Gasteiger partial charge in [0.25, 0.3) is 0 Å². The second kappa shape index (κ2) is 6.00. The Bertz CT molecular complexity index is 254. The lowest BCUT2D eigenvalue weighted by atomic mass is 10.1. The molecule has 0 aromatic rings. The summed E-state index contributed by atoms with van der Waals surface area (Å²) in [5.74, 6) is 0.514. The van der Waals surface area contributed by atoms with Gasteiger partial charge in [-0.25, -0.2) is 4.79 Å². The van der Waals surface area contributed by atoms with E-state index in [1.54, 1.807) is 0 Å². The van der Waals surface area contributed by atoms with Gasteiger partial charge in [0, 0.05) is 12.8 Å². The molecule has 0 aliphatic heterocycles. The van der Waals surface area contributed by atoms with Crippen molar-refractivity contribution in [1.29, 1.82) is 0 Å². The molecule has 3 N–H and O–H groups in total. The van der Waals surface area contributed by atoms with Crippen molar-refractivity contribution in [3.63, 3.8) is 0 Å². The molecule has 0 saturated heterocycles. The normalized spacial score (nSPS) is 13.8. The Balaban J connectivity index is 4.12. The molecule has 5 heteroatoms. The van der Waals surface area contributed by atoms with Gasteiger partial charge in [-0.1, -0.05) is 0 Å². The fourth-order valence-corrected chi connectivity index (χ4v) is 0.820. The maximum absolute atomic E-state index is 11.0. The molecule has 0 aromatic carbocycles. The summed E-state index contributed by atoms with van der Waals surface area (Å²) in [4.78, 5) is 21.6. The number of terminal acetylenes is 1. The number of hydrogen-bond acceptors (Lipinski definition) is 3. The highest BCUT2D eigenvalue weighted by Crippen LogP contribution is 1.95. The van der Waals surface area contributed by atoms with E-state index in [2.05, 4.69) is 11.2 Å². The lowest BCUT2D eigenvalue weighted by Gasteiger charge is -2.16. The first-order valence-electron chi connectivity index (χ1n) is 4.12. The monoisotopic (exact) mass is 199 g/mol. The van der Waals surface area contributed by atoms with E-state index in [0.29, 0.717) is 0 Å². The van der Waals surface area contributed by atoms with E-state index in [4.69, 9.17) is 16.6 Å². The number of nitrogens with one attached hydrogen (secondary N) is 1. The average molecular weight is 199 g/mol. The molecule has 0 bridgehead atoms. The van der Waals surface area contributed by atoms with Crippen LogP contribution in [0, 0.1) is 12.3 Å². The number of aliphatic hydroxyl groups is 1. The number of aliphatic carboxylic acids is 1. The summed E-state index contributed by atoms with van der Waals surface area (Å²) in [5.41, 5.74) is 0. The van der Waals surface area contributed by atoms with E-state index in [0.717, 1.165) is 0 Å². The number of carbonyl (C=O) groups is 2. The molecule has 0 spiro atoms. The van der Waals surface area contributed by atoms with E-state index in [9.17, 15) is 9.59 Å². The minimum atomic E-state index is -1.28. The molecular formula is C9H13NO4. The van der Waals surface area contributed by atoms with Gasteiger partial charge in [0.05, 0.1) is 6.10 Å². The molecule has 0 fully saturated rings. The van der Waals surface area contributed by atoms with Gasteiger partial charge >= 0.3 is 5.97 Å². The first-order valence-corrected chi connectivity index (χ1v) is 4.12. The summed E-state index contributed by atoms with van der Waals surface area (Å²) < 4.78 is 0. The SMILES string of the molecule is C#CCCC(=O)N[C@H](C(=O)O)[C@@H](C)O. The smallest absolute Gasteiger partial charge is 0.328 e. The van der Waals surface area contributed by atoms with Crippen LogP contribution in [-0.2, 0) is 9.59 Å². The molecule has 0 aromatic heterocycles. The van der Waals surface area contributed by atoms with Crippen LogP contribution < -0.4 is 5.32 Å². The number of hydrogen-bond donors (Lipinski definition) is 3. The molecule has 0 aliphatic rings. The molecule has 2 atom stereocenters. The third-order valence-corrected chi connectivity index (χ3v) is 1.56. The van der Waals surface area contributed by atoms with E-state index in [-0.39, 0.29) is 12.8 Å². The summed E-state index contributed by atoms with van der Waals surface area (Å²) in [6, 6.07) is -1.28. The van der Waals surface area contributed by atoms with Crippen LogP contribution in [0.2, 0.25) is 0 Å². The molecule has 1 amide bonds. The summed E-state index contributed by atoms with van der Waals surface area (Å²) in [7, 11) is 0. The predicted molar refractivity (Wildman–Crippen MR) is 49.3 cm³/mol. The molecule has 0 radical (unpaired) electrons. The molecule has 78 valence electrons. The molecule has 5 nitrogen and oxygen atoms in total. The number of carboxylic acids is 1. The van der Waals surface area contributed by atoms with Crippen molar-refractivity contribution in [3.05, 3.63) is 0 Å². The van der Waals surface area contributed by atoms with Crippen LogP contribution in [0.5, 0.6) is 0 Å². The first-order chi connectivity index (χ1) is 6.49. The van der Waals surface area contributed by atoms with Crippen molar-refractivity contribution >= 4 is 11.9 Å². The standard InChI is InChI=1S/C9H13NO4/c1-3-4-5-7(12)10-8(6(2)11)9(13)14/h1,6,8,11H,4-5H2,2H3,(H,10,12)(H,13,14)/t6-,8+/m1/s1. The topological polar surface area (TPSA) is 86.6 Å². The number of rotatable bonds is 5. The van der Waals surface area contributed by atoms with Crippen molar-refractivity contribution < 1.29 is 19.8 Å². The van der Waals surface area contributed by atoms with Gasteiger partial charge in [0.2, 0.25) is 5.91 Å². The van der Waals surface area contributed by atoms with Gasteiger partial charge in [-0.3, -0.25) is 4.79 Å². The lowest BCUT2D eigenvalue weighted by Crippen LogP contribution is -2.47. The fourth-order valence-electron chi connectivity index (χ4n) is 0.820. The largest absolute Gasteiger partial charge is 0.480 e. The fraction of sp³-hybridized carbons (Fsp3) is 0.556. The molecule has 0 heterocycles. The quantitative estimate of drug-likeness (QED) is 0.513. The molecule has 0 aliphatic carbocycles. The second-order valence-electron chi connectivity index (χ2n) is 2.83. The van der Waals surface area contributed by atoms with Crippen LogP contribution in [0.4, 0.5) is 0 Å². The molecule has 0 rings (SSSR count). The maximum Gasteiger partial charge on any atom is 0.328 e. The summed E-state index contributed by atoms with van der Waals surface area (Å²) in [5, 5.41) is 19.8. The number of amides is 1. The maximum atomic E-state index is 11.0. The number of aliphatic hydroxyl groups excluding tert-OH is 1. The van der Waals surface area contributed by atoms with Crippen molar-refractivity contribution in [3.8, 4) is 12.3 Å². The average Bonchev–Trinajstić information content (AvgIpc) is 2.09. The molecule has 14 heavy (non-hydrogen) atoms. The van der Waals surface area contributed by atoms with Gasteiger partial charge in [-0.15, -0.1) is 12.3 Å². The number of carboxylic acid groups (broad SMARTS) is 1. The zero-order chi connectivity index (χ0) is 11.1. The Morgan fingerprint density at radius 3 is 2.50 bits per heavy atom. The zero-order valence-corrected chi connectivity index (χ0v) is 7.86. The van der Waals surface area contributed by atoms with E-state index in [1.165, 1.54) is 6.92 Å². The Morgan fingerprint density at radius 1 is 1.57 bits per heavy atom. The van der Waals surface area contributed by atoms with Gasteiger partial charge in [0.15, 0.2) is 6.04 Å². The summed E-state index contributed by atoms with van der Waals surface area (Å²) >= 11 is 0. The van der Waals surface area contributed by atoms with E-state index < -0.39 is 24.0 Å². The van der Waals surface area contributed by atoms with Gasteiger partial charge in [-0.2, -0.15) is 0 Å². The first kappa shape index (κ1) is 12.5. The molecule has 0 unspecified atom stereocenters. The van der Waals surface area contributed by atoms with Crippen LogP contribution in [0.1, 0.15) is 19.8 Å². The van der Waals surface area contributed by atoms with Crippen molar-refractivity contribution in [1.82, 2.24) is 5.32 Å². The minimum Gasteiger partial charge on any atom is -0.480 e. The third-order valence-electron chi connectivity index (χ3n) is 1.56. The highest BCUT2D eigenvalue weighted by Gasteiger charge is 2.24. The zero-order valence-electron chi connectivity index (χ0n) is 7.86. The Hall–Kier alpha value is -1.54. The highest BCUT2D eigenvalue weighted by molar-refractivity contribution is 5.84. The Labute approximate surface area is 82.1 Å². The van der Waals surface area contributed by atoms with Gasteiger partial charge < -0.3 is 15.5 Å². The predicted octanol–water partition coefficient (Wildman–Crippen LogP) is -0.650. The lowest BCUT2D eigenvalue weighted by molar-refractivity contribution is -0.144. The van der Waals surface area contributed by atoms with Crippen molar-refractivity contribution in [2.24, 2.45) is 0 Å². The second-order valence-corrected chi connectivity index (χ2v) is 2.83. The van der Waals surface area contributed by atoms with Crippen LogP contribution in [0.25, 0.3) is 0 Å². The summed E-state index contributed by atoms with van der Waals surface area (Å²) in [6.07, 6.45) is 4.11. The highest BCUT2D eigenvalue weighted by atomic mass is 16.4. The van der Waals surface area contributed by atoms with Crippen LogP contribution >= 0.6 is 0 Å². The van der Waals surface area contributed by atoms with Crippen LogP contribution in [-0.4, -0.2) is 34.2 Å². The van der Waals surface area contributed by atoms with Crippen LogP contribution in [0.15, 0.2) is 0 Å². The summed E-state index contributed by atoms with van der Waals surface area (Å²) in [6.45, 7) is 1.29. The van der Waals surface area contributed by atoms with Crippen LogP contribution in [0.3, 0.4) is 0 Å². The molecule has 0 saturated carbocycles.